The largest absolute Gasteiger partial charge is 0.484 e. The Morgan fingerprint density at radius 1 is 0.964 bits per heavy atom. The number of imide groups is 1. The van der Waals surface area contributed by atoms with Gasteiger partial charge in [-0.3, -0.25) is 19.3 Å². The molecular weight excluding hydrogens is 377 g/mol. The molecule has 28 heavy (non-hydrogen) atoms. The molecule has 2 aromatic carbocycles. The summed E-state index contributed by atoms with van der Waals surface area (Å²) < 4.78 is 41.0. The lowest BCUT2D eigenvalue weighted by molar-refractivity contribution is -0.153. The Balaban J connectivity index is 1.61. The number of nitrogens with zero attached hydrogens (tertiary/aromatic N) is 1. The van der Waals surface area contributed by atoms with E-state index in [0.29, 0.717) is 16.9 Å². The predicted octanol–water partition coefficient (Wildman–Crippen LogP) is 3.53. The summed E-state index contributed by atoms with van der Waals surface area (Å²) in [6, 6.07) is 11.4. The van der Waals surface area contributed by atoms with E-state index in [4.69, 9.17) is 0 Å². The van der Waals surface area contributed by atoms with Crippen LogP contribution in [0.4, 0.5) is 24.5 Å². The lowest BCUT2D eigenvalue weighted by Gasteiger charge is -2.14. The maximum atomic E-state index is 12.3. The molecule has 0 spiro atoms. The first-order valence-corrected chi connectivity index (χ1v) is 8.30. The van der Waals surface area contributed by atoms with Gasteiger partial charge in [-0.2, -0.15) is 13.2 Å². The third kappa shape index (κ3) is 4.67. The summed E-state index contributed by atoms with van der Waals surface area (Å²) in [6.45, 7) is -1.40. The molecule has 0 aromatic heterocycles. The van der Waals surface area contributed by atoms with Crippen LogP contribution in [-0.4, -0.2) is 30.5 Å². The average Bonchev–Trinajstić information content (AvgIpc) is 2.99. The minimum atomic E-state index is -4.43. The second-order valence-corrected chi connectivity index (χ2v) is 6.05. The molecule has 6 nitrogen and oxygen atoms in total. The van der Waals surface area contributed by atoms with Gasteiger partial charge in [0.1, 0.15) is 5.75 Å². The molecule has 0 radical (unpaired) electrons. The molecule has 1 aliphatic rings. The molecule has 0 bridgehead atoms. The highest BCUT2D eigenvalue weighted by Crippen LogP contribution is 2.24. The lowest BCUT2D eigenvalue weighted by atomic mass is 10.1. The number of hydrogen-bond acceptors (Lipinski definition) is 4. The molecule has 1 N–H and O–H groups in total. The summed E-state index contributed by atoms with van der Waals surface area (Å²) in [5, 5.41) is 2.60. The van der Waals surface area contributed by atoms with Crippen LogP contribution in [0, 0.1) is 0 Å². The molecule has 1 heterocycles. The molecule has 0 saturated carbocycles. The van der Waals surface area contributed by atoms with Gasteiger partial charge in [0.15, 0.2) is 6.61 Å². The van der Waals surface area contributed by atoms with Crippen molar-refractivity contribution in [2.45, 2.75) is 19.0 Å². The van der Waals surface area contributed by atoms with Gasteiger partial charge in [-0.25, -0.2) is 0 Å². The predicted molar refractivity (Wildman–Crippen MR) is 94.1 cm³/mol. The van der Waals surface area contributed by atoms with E-state index in [9.17, 15) is 27.6 Å². The monoisotopic (exact) mass is 392 g/mol. The third-order valence-electron chi connectivity index (χ3n) is 3.95. The van der Waals surface area contributed by atoms with Crippen LogP contribution in [-0.2, 0) is 9.59 Å². The molecule has 0 atom stereocenters. The quantitative estimate of drug-likeness (QED) is 0.790. The molecular formula is C19H15F3N2O4. The van der Waals surface area contributed by atoms with Crippen molar-refractivity contribution >= 4 is 29.1 Å². The van der Waals surface area contributed by atoms with Crippen molar-refractivity contribution in [3.05, 3.63) is 54.1 Å². The zero-order valence-electron chi connectivity index (χ0n) is 14.5. The number of alkyl halides is 3. The second kappa shape index (κ2) is 7.71. The van der Waals surface area contributed by atoms with Gasteiger partial charge in [0.05, 0.1) is 5.69 Å². The number of ether oxygens (including phenoxy) is 1. The van der Waals surface area contributed by atoms with Crippen LogP contribution in [0.1, 0.15) is 23.2 Å². The number of rotatable bonds is 5. The van der Waals surface area contributed by atoms with Gasteiger partial charge in [0, 0.05) is 24.1 Å². The van der Waals surface area contributed by atoms with Gasteiger partial charge in [-0.1, -0.05) is 0 Å². The summed E-state index contributed by atoms with van der Waals surface area (Å²) in [5.41, 5.74) is 1.06. The summed E-state index contributed by atoms with van der Waals surface area (Å²) in [4.78, 5) is 36.8. The molecule has 1 saturated heterocycles. The highest BCUT2D eigenvalue weighted by atomic mass is 19.4. The highest BCUT2D eigenvalue weighted by Gasteiger charge is 2.30. The van der Waals surface area contributed by atoms with Crippen molar-refractivity contribution in [1.29, 1.82) is 0 Å². The fourth-order valence-electron chi connectivity index (χ4n) is 2.63. The van der Waals surface area contributed by atoms with Gasteiger partial charge < -0.3 is 10.1 Å². The van der Waals surface area contributed by atoms with Gasteiger partial charge in [-0.15, -0.1) is 0 Å². The molecule has 146 valence electrons. The van der Waals surface area contributed by atoms with E-state index in [1.807, 2.05) is 0 Å². The maximum absolute atomic E-state index is 12.3. The number of benzene rings is 2. The number of anilines is 2. The third-order valence-corrected chi connectivity index (χ3v) is 3.95. The normalized spacial score (nSPS) is 14.3. The van der Waals surface area contributed by atoms with Crippen molar-refractivity contribution < 1.29 is 32.3 Å². The average molecular weight is 392 g/mol. The Morgan fingerprint density at radius 3 is 2.07 bits per heavy atom. The minimum absolute atomic E-state index is 0.0274. The maximum Gasteiger partial charge on any atom is 0.422 e. The van der Waals surface area contributed by atoms with E-state index in [-0.39, 0.29) is 30.4 Å². The van der Waals surface area contributed by atoms with E-state index in [2.05, 4.69) is 10.1 Å². The van der Waals surface area contributed by atoms with Gasteiger partial charge in [-0.05, 0) is 48.5 Å². The highest BCUT2D eigenvalue weighted by molar-refractivity contribution is 6.20. The summed E-state index contributed by atoms with van der Waals surface area (Å²) in [7, 11) is 0. The first-order chi connectivity index (χ1) is 13.2. The van der Waals surface area contributed by atoms with Crippen LogP contribution in [0.25, 0.3) is 0 Å². The molecule has 0 unspecified atom stereocenters. The number of amides is 3. The Labute approximate surface area is 157 Å². The van der Waals surface area contributed by atoms with Gasteiger partial charge >= 0.3 is 6.18 Å². The van der Waals surface area contributed by atoms with Crippen LogP contribution in [0.2, 0.25) is 0 Å². The number of carbonyl (C=O) groups is 3. The van der Waals surface area contributed by atoms with Crippen molar-refractivity contribution in [1.82, 2.24) is 0 Å². The number of halogens is 3. The standard InChI is InChI=1S/C19H15F3N2O4/c20-19(21,22)11-28-15-7-3-13(4-8-15)23-18(27)12-1-5-14(6-2-12)24-16(25)9-10-17(24)26/h1-8H,9-11H2,(H,23,27). The number of nitrogens with one attached hydrogen (secondary N) is 1. The molecule has 2 aromatic rings. The van der Waals surface area contributed by atoms with Crippen molar-refractivity contribution in [3.63, 3.8) is 0 Å². The first kappa shape index (κ1) is 19.4. The van der Waals surface area contributed by atoms with Crippen LogP contribution in [0.3, 0.4) is 0 Å². The van der Waals surface area contributed by atoms with Crippen molar-refractivity contribution in [2.24, 2.45) is 0 Å². The van der Waals surface area contributed by atoms with E-state index in [1.165, 1.54) is 48.5 Å². The zero-order chi connectivity index (χ0) is 20.3. The Hall–Kier alpha value is -3.36. The van der Waals surface area contributed by atoms with E-state index < -0.39 is 18.7 Å². The fraction of sp³-hybridized carbons (Fsp3) is 0.211. The molecule has 1 aliphatic heterocycles. The smallest absolute Gasteiger partial charge is 0.422 e. The summed E-state index contributed by atoms with van der Waals surface area (Å²) >= 11 is 0. The minimum Gasteiger partial charge on any atom is -0.484 e. The van der Waals surface area contributed by atoms with E-state index >= 15 is 0 Å². The van der Waals surface area contributed by atoms with Crippen molar-refractivity contribution in [2.75, 3.05) is 16.8 Å². The number of hydrogen-bond donors (Lipinski definition) is 1. The molecule has 9 heteroatoms. The summed E-state index contributed by atoms with van der Waals surface area (Å²) in [6.07, 6.45) is -4.09. The van der Waals surface area contributed by atoms with E-state index in [0.717, 1.165) is 4.90 Å². The molecule has 0 aliphatic carbocycles. The van der Waals surface area contributed by atoms with Crippen LogP contribution >= 0.6 is 0 Å². The Morgan fingerprint density at radius 2 is 1.54 bits per heavy atom. The SMILES string of the molecule is O=C(Nc1ccc(OCC(F)(F)F)cc1)c1ccc(N2C(=O)CCC2=O)cc1. The molecule has 1 fully saturated rings. The van der Waals surface area contributed by atoms with Crippen LogP contribution in [0.15, 0.2) is 48.5 Å². The Bertz CT molecular complexity index is 877. The number of carbonyl (C=O) groups excluding carboxylic acids is 3. The topological polar surface area (TPSA) is 75.7 Å². The lowest BCUT2D eigenvalue weighted by Crippen LogP contribution is -2.28. The van der Waals surface area contributed by atoms with Gasteiger partial charge in [0.2, 0.25) is 11.8 Å². The van der Waals surface area contributed by atoms with Crippen LogP contribution < -0.4 is 15.0 Å². The molecule has 3 amide bonds. The van der Waals surface area contributed by atoms with E-state index in [1.54, 1.807) is 0 Å². The Kier molecular flexibility index (Phi) is 5.34. The second-order valence-electron chi connectivity index (χ2n) is 6.05. The van der Waals surface area contributed by atoms with Gasteiger partial charge in [0.25, 0.3) is 5.91 Å². The van der Waals surface area contributed by atoms with Crippen molar-refractivity contribution in [3.8, 4) is 5.75 Å². The zero-order valence-corrected chi connectivity index (χ0v) is 14.5. The first-order valence-electron chi connectivity index (χ1n) is 8.30. The molecule has 3 rings (SSSR count). The van der Waals surface area contributed by atoms with Crippen LogP contribution in [0.5, 0.6) is 5.75 Å². The fourth-order valence-corrected chi connectivity index (χ4v) is 2.63. The summed E-state index contributed by atoms with van der Waals surface area (Å²) in [5.74, 6) is -0.987.